The highest BCUT2D eigenvalue weighted by atomic mass is 35.5. The highest BCUT2D eigenvalue weighted by Crippen LogP contribution is 2.21. The average Bonchev–Trinajstić information content (AvgIpc) is 2.76. The lowest BCUT2D eigenvalue weighted by atomic mass is 9.94. The maximum Gasteiger partial charge on any atom is 0.190 e. The quantitative estimate of drug-likeness (QED) is 0.855. The molecule has 0 unspecified atom stereocenters. The fraction of sp³-hybridized carbons (Fsp3) is 0.353. The number of halogens is 1. The number of aromatic nitrogens is 2. The van der Waals surface area contributed by atoms with Gasteiger partial charge in [-0.15, -0.1) is 0 Å². The maximum absolute atomic E-state index is 12.4. The van der Waals surface area contributed by atoms with Gasteiger partial charge in [-0.1, -0.05) is 29.8 Å². The van der Waals surface area contributed by atoms with Gasteiger partial charge in [0.05, 0.1) is 13.1 Å². The third-order valence-electron chi connectivity index (χ3n) is 3.70. The fourth-order valence-electron chi connectivity index (χ4n) is 2.31. The van der Waals surface area contributed by atoms with Crippen LogP contribution in [0.2, 0.25) is 5.15 Å². The lowest BCUT2D eigenvalue weighted by Crippen LogP contribution is -2.40. The van der Waals surface area contributed by atoms with Gasteiger partial charge in [0, 0.05) is 18.2 Å². The van der Waals surface area contributed by atoms with Gasteiger partial charge < -0.3 is 5.11 Å². The number of aliphatic hydroxyl groups is 1. The summed E-state index contributed by atoms with van der Waals surface area (Å²) < 4.78 is 1.48. The molecule has 0 radical (unpaired) electrons. The standard InChI is InChI=1S/C17H18ClN3O2/c1-11-7-13(5-6-14(11)19-4)8-15(22)17(3,23)10-21-9-12(2)16(18)20-21/h5-7,9,23H,8,10H2,1-3H3/t17-/m0/s1. The van der Waals surface area contributed by atoms with E-state index in [0.717, 1.165) is 16.7 Å². The lowest BCUT2D eigenvalue weighted by Gasteiger charge is -2.22. The van der Waals surface area contributed by atoms with Gasteiger partial charge in [0.25, 0.3) is 0 Å². The molecule has 5 nitrogen and oxygen atoms in total. The molecule has 6 heteroatoms. The zero-order valence-corrected chi connectivity index (χ0v) is 14.1. The SMILES string of the molecule is [C-]#[N+]c1ccc(CC(=O)[C@@](C)(O)Cn2cc(C)c(Cl)n2)cc1C. The van der Waals surface area contributed by atoms with Gasteiger partial charge in [0.1, 0.15) is 5.60 Å². The van der Waals surface area contributed by atoms with Crippen molar-refractivity contribution in [1.82, 2.24) is 9.78 Å². The van der Waals surface area contributed by atoms with Crippen molar-refractivity contribution in [3.8, 4) is 0 Å². The van der Waals surface area contributed by atoms with Crippen molar-refractivity contribution < 1.29 is 9.90 Å². The van der Waals surface area contributed by atoms with Crippen LogP contribution in [0.25, 0.3) is 4.85 Å². The molecule has 0 aliphatic heterocycles. The highest BCUT2D eigenvalue weighted by molar-refractivity contribution is 6.30. The summed E-state index contributed by atoms with van der Waals surface area (Å²) in [6, 6.07) is 5.23. The Labute approximate surface area is 140 Å². The number of carbonyl (C=O) groups is 1. The summed E-state index contributed by atoms with van der Waals surface area (Å²) in [5.41, 5.74) is 1.40. The lowest BCUT2D eigenvalue weighted by molar-refractivity contribution is -0.136. The molecule has 0 amide bonds. The molecule has 0 aliphatic rings. The van der Waals surface area contributed by atoms with Crippen molar-refractivity contribution in [3.63, 3.8) is 0 Å². The predicted octanol–water partition coefficient (Wildman–Crippen LogP) is 3.27. The molecule has 1 aromatic heterocycles. The van der Waals surface area contributed by atoms with E-state index in [1.165, 1.54) is 11.6 Å². The van der Waals surface area contributed by atoms with Crippen LogP contribution in [0, 0.1) is 20.4 Å². The zero-order valence-electron chi connectivity index (χ0n) is 13.3. The fourth-order valence-corrected chi connectivity index (χ4v) is 2.46. The summed E-state index contributed by atoms with van der Waals surface area (Å²) in [4.78, 5) is 15.8. The maximum atomic E-state index is 12.4. The Bertz CT molecular complexity index is 768. The molecule has 1 atom stereocenters. The first-order valence-electron chi connectivity index (χ1n) is 7.15. The van der Waals surface area contributed by atoms with Gasteiger partial charge in [0.15, 0.2) is 16.6 Å². The zero-order chi connectivity index (χ0) is 17.2. The van der Waals surface area contributed by atoms with E-state index < -0.39 is 5.60 Å². The second-order valence-electron chi connectivity index (χ2n) is 5.91. The number of benzene rings is 1. The van der Waals surface area contributed by atoms with Crippen LogP contribution in [-0.2, 0) is 17.8 Å². The van der Waals surface area contributed by atoms with Crippen LogP contribution in [0.15, 0.2) is 24.4 Å². The Morgan fingerprint density at radius 3 is 2.65 bits per heavy atom. The molecule has 1 heterocycles. The van der Waals surface area contributed by atoms with Gasteiger partial charge >= 0.3 is 0 Å². The van der Waals surface area contributed by atoms with Crippen molar-refractivity contribution in [2.45, 2.75) is 39.3 Å². The molecule has 2 rings (SSSR count). The number of nitrogens with zero attached hydrogens (tertiary/aromatic N) is 3. The summed E-state index contributed by atoms with van der Waals surface area (Å²) in [6.45, 7) is 12.2. The molecule has 0 saturated carbocycles. The number of carbonyl (C=O) groups excluding carboxylic acids is 1. The van der Waals surface area contributed by atoms with E-state index in [9.17, 15) is 9.90 Å². The van der Waals surface area contributed by atoms with Gasteiger partial charge in [-0.3, -0.25) is 9.48 Å². The van der Waals surface area contributed by atoms with Gasteiger partial charge in [-0.25, -0.2) is 4.85 Å². The number of hydrogen-bond acceptors (Lipinski definition) is 3. The number of Topliss-reactive ketones (excluding diaryl/α,β-unsaturated/α-hetero) is 1. The smallest absolute Gasteiger partial charge is 0.190 e. The van der Waals surface area contributed by atoms with Gasteiger partial charge in [-0.05, 0) is 31.9 Å². The topological polar surface area (TPSA) is 59.5 Å². The number of hydrogen-bond donors (Lipinski definition) is 1. The van der Waals surface area contributed by atoms with Crippen LogP contribution in [-0.4, -0.2) is 26.3 Å². The predicted molar refractivity (Wildman–Crippen MR) is 88.7 cm³/mol. The summed E-state index contributed by atoms with van der Waals surface area (Å²) in [7, 11) is 0. The Kier molecular flexibility index (Phi) is 4.88. The summed E-state index contributed by atoms with van der Waals surface area (Å²) in [5.74, 6) is -0.309. The third kappa shape index (κ3) is 3.98. The molecule has 1 aromatic carbocycles. The summed E-state index contributed by atoms with van der Waals surface area (Å²) in [6.07, 6.45) is 1.79. The molecule has 2 aromatic rings. The third-order valence-corrected chi connectivity index (χ3v) is 4.07. The minimum absolute atomic E-state index is 0.0402. The average molecular weight is 332 g/mol. The van der Waals surface area contributed by atoms with Crippen LogP contribution in [0.1, 0.15) is 23.6 Å². The Morgan fingerprint density at radius 2 is 2.13 bits per heavy atom. The first kappa shape index (κ1) is 17.2. The molecular formula is C17H18ClN3O2. The Balaban J connectivity index is 2.12. The van der Waals surface area contributed by atoms with Crippen LogP contribution in [0.5, 0.6) is 0 Å². The summed E-state index contributed by atoms with van der Waals surface area (Å²) in [5, 5.41) is 14.9. The van der Waals surface area contributed by atoms with E-state index in [1.807, 2.05) is 13.8 Å². The number of aryl methyl sites for hydroxylation is 2. The van der Waals surface area contributed by atoms with Crippen molar-refractivity contribution in [3.05, 3.63) is 57.7 Å². The van der Waals surface area contributed by atoms with E-state index in [2.05, 4.69) is 9.94 Å². The van der Waals surface area contributed by atoms with Crippen LogP contribution in [0.3, 0.4) is 0 Å². The first-order valence-corrected chi connectivity index (χ1v) is 7.53. The van der Waals surface area contributed by atoms with Crippen molar-refractivity contribution in [2.75, 3.05) is 0 Å². The van der Waals surface area contributed by atoms with Crippen molar-refractivity contribution in [2.24, 2.45) is 0 Å². The molecule has 120 valence electrons. The van der Waals surface area contributed by atoms with Crippen molar-refractivity contribution >= 4 is 23.1 Å². The normalized spacial score (nSPS) is 13.4. The molecule has 1 N–H and O–H groups in total. The number of rotatable bonds is 5. The minimum Gasteiger partial charge on any atom is -0.380 e. The molecule has 0 bridgehead atoms. The van der Waals surface area contributed by atoms with E-state index in [1.54, 1.807) is 24.4 Å². The molecule has 23 heavy (non-hydrogen) atoms. The minimum atomic E-state index is -1.55. The highest BCUT2D eigenvalue weighted by Gasteiger charge is 2.31. The Morgan fingerprint density at radius 1 is 1.43 bits per heavy atom. The van der Waals surface area contributed by atoms with E-state index in [-0.39, 0.29) is 18.7 Å². The number of ketones is 1. The summed E-state index contributed by atoms with van der Waals surface area (Å²) >= 11 is 5.89. The monoisotopic (exact) mass is 331 g/mol. The van der Waals surface area contributed by atoms with Gasteiger partial charge in [-0.2, -0.15) is 5.10 Å². The molecule has 0 spiro atoms. The van der Waals surface area contributed by atoms with Crippen LogP contribution < -0.4 is 0 Å². The largest absolute Gasteiger partial charge is 0.380 e. The second kappa shape index (κ2) is 6.53. The van der Waals surface area contributed by atoms with Gasteiger partial charge in [0.2, 0.25) is 0 Å². The van der Waals surface area contributed by atoms with Crippen LogP contribution >= 0.6 is 11.6 Å². The molecule has 0 saturated heterocycles. The van der Waals surface area contributed by atoms with Crippen molar-refractivity contribution in [1.29, 1.82) is 0 Å². The second-order valence-corrected chi connectivity index (χ2v) is 6.26. The van der Waals surface area contributed by atoms with Crippen LogP contribution in [0.4, 0.5) is 5.69 Å². The Hall–Kier alpha value is -2.16. The molecule has 0 aliphatic carbocycles. The van der Waals surface area contributed by atoms with E-state index in [0.29, 0.717) is 10.8 Å². The first-order chi connectivity index (χ1) is 10.7. The van der Waals surface area contributed by atoms with E-state index in [4.69, 9.17) is 18.2 Å². The van der Waals surface area contributed by atoms with E-state index >= 15 is 0 Å². The molecular weight excluding hydrogens is 314 g/mol. The molecule has 0 fully saturated rings.